The van der Waals surface area contributed by atoms with Gasteiger partial charge < -0.3 is 9.47 Å². The standard InChI is InChI=1S/C15H17N5O3/c1-4-7-23-12-6-5-11(8-13(12)22-3)9-16-19-15-17-14(21)10(2)18-20-15/h4-6,8-9H,1,7H2,2-3H3,(H2,17,19,20,21)/b16-9+. The molecule has 0 bridgehead atoms. The van der Waals surface area contributed by atoms with E-state index >= 15 is 0 Å². The lowest BCUT2D eigenvalue weighted by Crippen LogP contribution is -2.15. The minimum atomic E-state index is -0.317. The molecule has 0 aliphatic carbocycles. The van der Waals surface area contributed by atoms with Gasteiger partial charge in [-0.1, -0.05) is 12.7 Å². The van der Waals surface area contributed by atoms with Crippen molar-refractivity contribution in [2.75, 3.05) is 19.1 Å². The molecule has 0 amide bonds. The van der Waals surface area contributed by atoms with E-state index in [1.807, 2.05) is 6.07 Å². The summed E-state index contributed by atoms with van der Waals surface area (Å²) in [5.74, 6) is 1.36. The van der Waals surface area contributed by atoms with E-state index in [4.69, 9.17) is 9.47 Å². The molecule has 0 saturated carbocycles. The lowest BCUT2D eigenvalue weighted by Gasteiger charge is -2.09. The summed E-state index contributed by atoms with van der Waals surface area (Å²) in [7, 11) is 1.56. The maximum atomic E-state index is 11.4. The average molecular weight is 315 g/mol. The fraction of sp³-hybridized carbons (Fsp3) is 0.200. The van der Waals surface area contributed by atoms with E-state index in [1.54, 1.807) is 38.5 Å². The van der Waals surface area contributed by atoms with Crippen molar-refractivity contribution in [3.8, 4) is 11.5 Å². The summed E-state index contributed by atoms with van der Waals surface area (Å²) < 4.78 is 10.7. The lowest BCUT2D eigenvalue weighted by atomic mass is 10.2. The Morgan fingerprint density at radius 1 is 1.39 bits per heavy atom. The third-order valence-electron chi connectivity index (χ3n) is 2.79. The lowest BCUT2D eigenvalue weighted by molar-refractivity contribution is 0.326. The predicted molar refractivity (Wildman–Crippen MR) is 87.3 cm³/mol. The van der Waals surface area contributed by atoms with Crippen LogP contribution in [0, 0.1) is 6.92 Å². The van der Waals surface area contributed by atoms with Gasteiger partial charge in [-0.25, -0.2) is 5.43 Å². The van der Waals surface area contributed by atoms with Crippen LogP contribution in [0.25, 0.3) is 0 Å². The number of rotatable bonds is 7. The van der Waals surface area contributed by atoms with Gasteiger partial charge in [0.1, 0.15) is 12.3 Å². The number of hydrazone groups is 1. The van der Waals surface area contributed by atoms with Gasteiger partial charge in [0.25, 0.3) is 5.56 Å². The number of hydrogen-bond donors (Lipinski definition) is 2. The Bertz CT molecular complexity index is 770. The van der Waals surface area contributed by atoms with Crippen molar-refractivity contribution in [2.45, 2.75) is 6.92 Å². The smallest absolute Gasteiger partial charge is 0.274 e. The van der Waals surface area contributed by atoms with Crippen molar-refractivity contribution < 1.29 is 9.47 Å². The SMILES string of the molecule is C=CCOc1ccc(/C=N/Nc2nnc(C)c(=O)[nH]2)cc1OC. The molecule has 0 radical (unpaired) electrons. The number of aromatic nitrogens is 3. The monoisotopic (exact) mass is 315 g/mol. The van der Waals surface area contributed by atoms with Crippen molar-refractivity contribution in [1.82, 2.24) is 15.2 Å². The first-order valence-corrected chi connectivity index (χ1v) is 6.78. The van der Waals surface area contributed by atoms with Crippen molar-refractivity contribution in [3.63, 3.8) is 0 Å². The first-order chi connectivity index (χ1) is 11.1. The maximum absolute atomic E-state index is 11.4. The first kappa shape index (κ1) is 16.2. The molecule has 23 heavy (non-hydrogen) atoms. The second-order valence-corrected chi connectivity index (χ2v) is 4.47. The normalized spacial score (nSPS) is 10.5. The summed E-state index contributed by atoms with van der Waals surface area (Å²) in [6, 6.07) is 5.36. The number of benzene rings is 1. The number of nitrogens with zero attached hydrogens (tertiary/aromatic N) is 3. The van der Waals surface area contributed by atoms with Gasteiger partial charge in [0.15, 0.2) is 11.5 Å². The van der Waals surface area contributed by atoms with Crippen LogP contribution in [-0.2, 0) is 0 Å². The molecule has 2 rings (SSSR count). The van der Waals surface area contributed by atoms with Crippen LogP contribution in [0.5, 0.6) is 11.5 Å². The third kappa shape index (κ3) is 4.40. The van der Waals surface area contributed by atoms with Crippen LogP contribution in [0.15, 0.2) is 40.8 Å². The molecule has 1 aromatic heterocycles. The Hall–Kier alpha value is -3.16. The van der Waals surface area contributed by atoms with Crippen molar-refractivity contribution >= 4 is 12.2 Å². The van der Waals surface area contributed by atoms with Gasteiger partial charge in [-0.3, -0.25) is 9.78 Å². The number of aromatic amines is 1. The quantitative estimate of drug-likeness (QED) is 0.456. The minimum Gasteiger partial charge on any atom is -0.493 e. The van der Waals surface area contributed by atoms with Crippen LogP contribution in [0.4, 0.5) is 5.95 Å². The molecule has 2 N–H and O–H groups in total. The highest BCUT2D eigenvalue weighted by molar-refractivity contribution is 5.81. The second kappa shape index (κ2) is 7.74. The first-order valence-electron chi connectivity index (χ1n) is 6.78. The summed E-state index contributed by atoms with van der Waals surface area (Å²) in [5.41, 5.74) is 3.36. The molecule has 0 atom stereocenters. The molecular formula is C15H17N5O3. The van der Waals surface area contributed by atoms with Gasteiger partial charge in [0.05, 0.1) is 13.3 Å². The molecule has 1 aromatic carbocycles. The minimum absolute atomic E-state index is 0.162. The highest BCUT2D eigenvalue weighted by atomic mass is 16.5. The second-order valence-electron chi connectivity index (χ2n) is 4.47. The molecule has 1 heterocycles. The van der Waals surface area contributed by atoms with Crippen molar-refractivity contribution in [1.29, 1.82) is 0 Å². The van der Waals surface area contributed by atoms with E-state index in [0.717, 1.165) is 5.56 Å². The van der Waals surface area contributed by atoms with E-state index in [-0.39, 0.29) is 11.5 Å². The molecule has 0 saturated heterocycles. The molecule has 0 aliphatic heterocycles. The Kier molecular flexibility index (Phi) is 5.45. The summed E-state index contributed by atoms with van der Waals surface area (Å²) in [6.07, 6.45) is 3.21. The number of anilines is 1. The van der Waals surface area contributed by atoms with Crippen LogP contribution in [0.3, 0.4) is 0 Å². The van der Waals surface area contributed by atoms with Crippen LogP contribution in [0.2, 0.25) is 0 Å². The Morgan fingerprint density at radius 2 is 2.22 bits per heavy atom. The van der Waals surface area contributed by atoms with Crippen molar-refractivity contribution in [3.05, 3.63) is 52.5 Å². The Morgan fingerprint density at radius 3 is 2.91 bits per heavy atom. The van der Waals surface area contributed by atoms with E-state index in [1.165, 1.54) is 0 Å². The number of H-pyrrole nitrogens is 1. The van der Waals surface area contributed by atoms with Crippen molar-refractivity contribution in [2.24, 2.45) is 5.10 Å². The molecule has 0 unspecified atom stereocenters. The van der Waals surface area contributed by atoms with Crippen LogP contribution in [0.1, 0.15) is 11.3 Å². The maximum Gasteiger partial charge on any atom is 0.274 e. The van der Waals surface area contributed by atoms with Crippen LogP contribution in [-0.4, -0.2) is 35.1 Å². The molecule has 120 valence electrons. The fourth-order valence-corrected chi connectivity index (χ4v) is 1.64. The number of nitrogens with one attached hydrogen (secondary N) is 2. The molecule has 8 heteroatoms. The van der Waals surface area contributed by atoms with Gasteiger partial charge in [-0.05, 0) is 30.7 Å². The third-order valence-corrected chi connectivity index (χ3v) is 2.79. The van der Waals surface area contributed by atoms with Gasteiger partial charge in [0.2, 0.25) is 5.95 Å². The predicted octanol–water partition coefficient (Wildman–Crippen LogP) is 1.49. The molecule has 8 nitrogen and oxygen atoms in total. The molecule has 2 aromatic rings. The summed E-state index contributed by atoms with van der Waals surface area (Å²) in [6.45, 7) is 5.56. The van der Waals surface area contributed by atoms with Crippen LogP contribution >= 0.6 is 0 Å². The average Bonchev–Trinajstić information content (AvgIpc) is 2.56. The van der Waals surface area contributed by atoms with E-state index in [2.05, 4.69) is 32.3 Å². The van der Waals surface area contributed by atoms with Gasteiger partial charge in [-0.2, -0.15) is 5.10 Å². The molecule has 0 fully saturated rings. The van der Waals surface area contributed by atoms with E-state index in [0.29, 0.717) is 23.8 Å². The van der Waals surface area contributed by atoms with Crippen LogP contribution < -0.4 is 20.5 Å². The molecular weight excluding hydrogens is 298 g/mol. The Balaban J connectivity index is 2.08. The number of methoxy groups -OCH3 is 1. The summed E-state index contributed by atoms with van der Waals surface area (Å²) in [5, 5.41) is 11.5. The zero-order valence-corrected chi connectivity index (χ0v) is 12.9. The zero-order valence-electron chi connectivity index (χ0n) is 12.9. The molecule has 0 spiro atoms. The number of ether oxygens (including phenoxy) is 2. The van der Waals surface area contributed by atoms with E-state index in [9.17, 15) is 4.79 Å². The summed E-state index contributed by atoms with van der Waals surface area (Å²) in [4.78, 5) is 13.9. The fourth-order valence-electron chi connectivity index (χ4n) is 1.64. The highest BCUT2D eigenvalue weighted by Gasteiger charge is 2.04. The number of aryl methyl sites for hydroxylation is 1. The summed E-state index contributed by atoms with van der Waals surface area (Å²) >= 11 is 0. The van der Waals surface area contributed by atoms with Gasteiger partial charge in [-0.15, -0.1) is 10.2 Å². The Labute approximate surface area is 132 Å². The topological polar surface area (TPSA) is 101 Å². The van der Waals surface area contributed by atoms with Gasteiger partial charge in [0, 0.05) is 0 Å². The number of hydrogen-bond acceptors (Lipinski definition) is 7. The zero-order chi connectivity index (χ0) is 16.7. The largest absolute Gasteiger partial charge is 0.493 e. The molecule has 0 aliphatic rings. The highest BCUT2D eigenvalue weighted by Crippen LogP contribution is 2.27. The van der Waals surface area contributed by atoms with E-state index < -0.39 is 0 Å². The van der Waals surface area contributed by atoms with Gasteiger partial charge >= 0.3 is 0 Å².